The van der Waals surface area contributed by atoms with Gasteiger partial charge in [0.05, 0.1) is 12.8 Å². The van der Waals surface area contributed by atoms with E-state index in [-0.39, 0.29) is 17.9 Å². The molecule has 2 aromatic rings. The number of hydrogen-bond acceptors (Lipinski definition) is 3. The molecule has 25 heavy (non-hydrogen) atoms. The summed E-state index contributed by atoms with van der Waals surface area (Å²) in [6.07, 6.45) is 2.88. The van der Waals surface area contributed by atoms with Crippen molar-refractivity contribution >= 4 is 29.2 Å². The van der Waals surface area contributed by atoms with Crippen LogP contribution in [0.1, 0.15) is 18.6 Å². The number of nitrogens with zero attached hydrogens (tertiary/aromatic N) is 1. The summed E-state index contributed by atoms with van der Waals surface area (Å²) in [6.45, 7) is 1.50. The van der Waals surface area contributed by atoms with E-state index in [2.05, 4.69) is 10.6 Å². The van der Waals surface area contributed by atoms with Gasteiger partial charge in [0.25, 0.3) is 0 Å². The average Bonchev–Trinajstić information content (AvgIpc) is 3.15. The van der Waals surface area contributed by atoms with E-state index in [4.69, 9.17) is 16.0 Å². The number of carbonyl (C=O) groups excluding carboxylic acids is 2. The van der Waals surface area contributed by atoms with E-state index < -0.39 is 0 Å². The van der Waals surface area contributed by atoms with Crippen LogP contribution in [0.4, 0.5) is 10.5 Å². The third-order valence-corrected chi connectivity index (χ3v) is 4.52. The fourth-order valence-corrected chi connectivity index (χ4v) is 2.94. The first kappa shape index (κ1) is 17.4. The third-order valence-electron chi connectivity index (χ3n) is 4.27. The van der Waals surface area contributed by atoms with Gasteiger partial charge in [-0.15, -0.1) is 0 Å². The van der Waals surface area contributed by atoms with Crippen molar-refractivity contribution < 1.29 is 14.0 Å². The molecule has 0 unspecified atom stereocenters. The van der Waals surface area contributed by atoms with Crippen LogP contribution in [-0.2, 0) is 11.3 Å². The maximum atomic E-state index is 12.3. The van der Waals surface area contributed by atoms with Crippen molar-refractivity contribution in [2.45, 2.75) is 19.4 Å². The second-order valence-electron chi connectivity index (χ2n) is 6.00. The maximum Gasteiger partial charge on any atom is 0.321 e. The SMILES string of the molecule is O=C(NCc1ccco1)C1CCN(C(=O)Nc2ccc(Cl)cc2)CC1. The summed E-state index contributed by atoms with van der Waals surface area (Å²) < 4.78 is 5.20. The average molecular weight is 362 g/mol. The van der Waals surface area contributed by atoms with Gasteiger partial charge >= 0.3 is 6.03 Å². The van der Waals surface area contributed by atoms with Crippen LogP contribution in [-0.4, -0.2) is 29.9 Å². The molecule has 0 atom stereocenters. The molecule has 132 valence electrons. The largest absolute Gasteiger partial charge is 0.467 e. The first-order valence-corrected chi connectivity index (χ1v) is 8.61. The lowest BCUT2D eigenvalue weighted by atomic mass is 9.96. The van der Waals surface area contributed by atoms with Crippen molar-refractivity contribution in [1.29, 1.82) is 0 Å². The second kappa shape index (κ2) is 8.07. The molecule has 7 heteroatoms. The monoisotopic (exact) mass is 361 g/mol. The van der Waals surface area contributed by atoms with Gasteiger partial charge in [-0.05, 0) is 49.2 Å². The van der Waals surface area contributed by atoms with Gasteiger partial charge in [0.1, 0.15) is 5.76 Å². The number of furan rings is 1. The number of hydrogen-bond donors (Lipinski definition) is 2. The smallest absolute Gasteiger partial charge is 0.321 e. The number of amides is 3. The van der Waals surface area contributed by atoms with Crippen molar-refractivity contribution in [3.05, 3.63) is 53.4 Å². The molecule has 0 radical (unpaired) electrons. The van der Waals surface area contributed by atoms with Gasteiger partial charge in [-0.3, -0.25) is 4.79 Å². The molecule has 1 aliphatic rings. The van der Waals surface area contributed by atoms with E-state index in [0.717, 1.165) is 5.76 Å². The van der Waals surface area contributed by atoms with Crippen molar-refractivity contribution in [1.82, 2.24) is 10.2 Å². The normalized spacial score (nSPS) is 15.0. The van der Waals surface area contributed by atoms with Crippen LogP contribution in [0.2, 0.25) is 5.02 Å². The number of carbonyl (C=O) groups is 2. The first-order chi connectivity index (χ1) is 12.1. The van der Waals surface area contributed by atoms with Gasteiger partial charge in [0.15, 0.2) is 0 Å². The van der Waals surface area contributed by atoms with E-state index in [1.807, 2.05) is 6.07 Å². The van der Waals surface area contributed by atoms with Gasteiger partial charge in [0, 0.05) is 29.7 Å². The molecule has 1 saturated heterocycles. The summed E-state index contributed by atoms with van der Waals surface area (Å²) >= 11 is 5.83. The minimum Gasteiger partial charge on any atom is -0.467 e. The molecule has 3 amide bonds. The molecule has 1 aliphatic heterocycles. The Morgan fingerprint density at radius 2 is 1.88 bits per heavy atom. The van der Waals surface area contributed by atoms with Crippen molar-refractivity contribution in [2.75, 3.05) is 18.4 Å². The Kier molecular flexibility index (Phi) is 5.60. The van der Waals surface area contributed by atoms with E-state index in [9.17, 15) is 9.59 Å². The first-order valence-electron chi connectivity index (χ1n) is 8.23. The molecule has 1 aromatic carbocycles. The van der Waals surface area contributed by atoms with E-state index in [1.54, 1.807) is 41.5 Å². The predicted octanol–water partition coefficient (Wildman–Crippen LogP) is 3.49. The number of nitrogens with one attached hydrogen (secondary N) is 2. The Labute approximate surface area is 151 Å². The topological polar surface area (TPSA) is 74.6 Å². The summed E-state index contributed by atoms with van der Waals surface area (Å²) in [5, 5.41) is 6.35. The number of likely N-dealkylation sites (tertiary alicyclic amines) is 1. The molecular weight excluding hydrogens is 342 g/mol. The fraction of sp³-hybridized carbons (Fsp3) is 0.333. The van der Waals surface area contributed by atoms with Crippen LogP contribution < -0.4 is 10.6 Å². The van der Waals surface area contributed by atoms with Crippen LogP contribution in [0.25, 0.3) is 0 Å². The number of anilines is 1. The molecule has 0 spiro atoms. The molecule has 0 saturated carbocycles. The van der Waals surface area contributed by atoms with E-state index in [1.165, 1.54) is 0 Å². The minimum atomic E-state index is -0.156. The Bertz CT molecular complexity index is 708. The summed E-state index contributed by atoms with van der Waals surface area (Å²) in [6, 6.07) is 10.4. The van der Waals surface area contributed by atoms with Gasteiger partial charge in [-0.1, -0.05) is 11.6 Å². The zero-order valence-corrected chi connectivity index (χ0v) is 14.5. The standard InChI is InChI=1S/C18H20ClN3O3/c19-14-3-5-15(6-4-14)21-18(24)22-9-7-13(8-10-22)17(23)20-12-16-2-1-11-25-16/h1-6,11,13H,7-10,12H2,(H,20,23)(H,21,24). The number of rotatable bonds is 4. The van der Waals surface area contributed by atoms with E-state index >= 15 is 0 Å². The number of piperidine rings is 1. The summed E-state index contributed by atoms with van der Waals surface area (Å²) in [5.74, 6) is 0.664. The van der Waals surface area contributed by atoms with E-state index in [0.29, 0.717) is 43.2 Å². The molecule has 3 rings (SSSR count). The highest BCUT2D eigenvalue weighted by atomic mass is 35.5. The van der Waals surface area contributed by atoms with Crippen molar-refractivity contribution in [2.24, 2.45) is 5.92 Å². The zero-order chi connectivity index (χ0) is 17.6. The summed E-state index contributed by atoms with van der Waals surface area (Å²) in [5.41, 5.74) is 0.702. The lowest BCUT2D eigenvalue weighted by Gasteiger charge is -2.31. The summed E-state index contributed by atoms with van der Waals surface area (Å²) in [4.78, 5) is 26.2. The van der Waals surface area contributed by atoms with Gasteiger partial charge < -0.3 is 20.0 Å². The van der Waals surface area contributed by atoms with Crippen LogP contribution in [0.5, 0.6) is 0 Å². The van der Waals surface area contributed by atoms with Crippen LogP contribution in [0, 0.1) is 5.92 Å². The Balaban J connectivity index is 1.43. The molecule has 0 bridgehead atoms. The highest BCUT2D eigenvalue weighted by Gasteiger charge is 2.27. The quantitative estimate of drug-likeness (QED) is 0.875. The number of benzene rings is 1. The lowest BCUT2D eigenvalue weighted by molar-refractivity contribution is -0.126. The third kappa shape index (κ3) is 4.76. The minimum absolute atomic E-state index is 0.00848. The fourth-order valence-electron chi connectivity index (χ4n) is 2.81. The van der Waals surface area contributed by atoms with Gasteiger partial charge in [-0.25, -0.2) is 4.79 Å². The highest BCUT2D eigenvalue weighted by molar-refractivity contribution is 6.30. The van der Waals surface area contributed by atoms with Crippen molar-refractivity contribution in [3.8, 4) is 0 Å². The zero-order valence-electron chi connectivity index (χ0n) is 13.7. The Morgan fingerprint density at radius 1 is 1.16 bits per heavy atom. The van der Waals surface area contributed by atoms with Crippen LogP contribution in [0.15, 0.2) is 47.1 Å². The molecule has 6 nitrogen and oxygen atoms in total. The summed E-state index contributed by atoms with van der Waals surface area (Å²) in [7, 11) is 0. The molecule has 2 N–H and O–H groups in total. The highest BCUT2D eigenvalue weighted by Crippen LogP contribution is 2.19. The van der Waals surface area contributed by atoms with Crippen molar-refractivity contribution in [3.63, 3.8) is 0 Å². The van der Waals surface area contributed by atoms with Crippen LogP contribution in [0.3, 0.4) is 0 Å². The molecule has 2 heterocycles. The molecule has 1 aromatic heterocycles. The van der Waals surface area contributed by atoms with Crippen LogP contribution >= 0.6 is 11.6 Å². The Hall–Kier alpha value is -2.47. The van der Waals surface area contributed by atoms with Gasteiger partial charge in [0.2, 0.25) is 5.91 Å². The molecular formula is C18H20ClN3O3. The van der Waals surface area contributed by atoms with Gasteiger partial charge in [-0.2, -0.15) is 0 Å². The molecule has 0 aliphatic carbocycles. The second-order valence-corrected chi connectivity index (χ2v) is 6.43. The Morgan fingerprint density at radius 3 is 2.52 bits per heavy atom. The number of halogens is 1. The lowest BCUT2D eigenvalue weighted by Crippen LogP contribution is -2.44. The molecule has 1 fully saturated rings. The maximum absolute atomic E-state index is 12.3. The predicted molar refractivity (Wildman–Crippen MR) is 95.3 cm³/mol. The number of urea groups is 1.